The Morgan fingerprint density at radius 3 is 2.83 bits per heavy atom. The van der Waals surface area contributed by atoms with E-state index in [1.165, 1.54) is 29.5 Å². The quantitative estimate of drug-likeness (QED) is 0.925. The lowest BCUT2D eigenvalue weighted by atomic mass is 9.94. The number of carbonyl (C=O) groups excluding carboxylic acids is 1. The first-order valence-electron chi connectivity index (χ1n) is 8.96. The third-order valence-corrected chi connectivity index (χ3v) is 5.05. The van der Waals surface area contributed by atoms with Crippen LogP contribution in [0.2, 0.25) is 0 Å². The fourth-order valence-corrected chi connectivity index (χ4v) is 3.51. The first-order valence-corrected chi connectivity index (χ1v) is 8.96. The van der Waals surface area contributed by atoms with Crippen LogP contribution in [0.5, 0.6) is 0 Å². The fourth-order valence-electron chi connectivity index (χ4n) is 3.51. The van der Waals surface area contributed by atoms with E-state index in [1.54, 1.807) is 0 Å². The lowest BCUT2D eigenvalue weighted by molar-refractivity contribution is -0.133. The van der Waals surface area contributed by atoms with Crippen molar-refractivity contribution in [3.8, 4) is 0 Å². The molecular formula is C20H28N2O. The molecule has 124 valence electrons. The van der Waals surface area contributed by atoms with Crippen LogP contribution < -0.4 is 5.32 Å². The number of hydrogen-bond acceptors (Lipinski definition) is 2. The van der Waals surface area contributed by atoms with E-state index in [9.17, 15) is 4.79 Å². The first kappa shape index (κ1) is 16.3. The Bertz CT molecular complexity index is 585. The van der Waals surface area contributed by atoms with Gasteiger partial charge in [0, 0.05) is 13.1 Å². The van der Waals surface area contributed by atoms with Gasteiger partial charge in [0.2, 0.25) is 5.91 Å². The van der Waals surface area contributed by atoms with E-state index in [0.717, 1.165) is 32.5 Å². The van der Waals surface area contributed by atoms with Crippen molar-refractivity contribution in [1.82, 2.24) is 10.2 Å². The summed E-state index contributed by atoms with van der Waals surface area (Å²) in [6.45, 7) is 7.03. The molecule has 2 aliphatic rings. The zero-order chi connectivity index (χ0) is 16.2. The molecule has 0 bridgehead atoms. The SMILES string of the molecule is CC(C)c1cccc(C2=CCN(C(=O)C3CCCCN3)CC2)c1. The summed E-state index contributed by atoms with van der Waals surface area (Å²) in [7, 11) is 0. The molecule has 0 saturated carbocycles. The molecule has 3 nitrogen and oxygen atoms in total. The van der Waals surface area contributed by atoms with Crippen molar-refractivity contribution in [3.05, 3.63) is 41.5 Å². The molecule has 1 unspecified atom stereocenters. The van der Waals surface area contributed by atoms with Gasteiger partial charge in [-0.15, -0.1) is 0 Å². The van der Waals surface area contributed by atoms with Gasteiger partial charge in [0.15, 0.2) is 0 Å². The zero-order valence-corrected chi connectivity index (χ0v) is 14.3. The van der Waals surface area contributed by atoms with Gasteiger partial charge in [0.05, 0.1) is 6.04 Å². The highest BCUT2D eigenvalue weighted by Gasteiger charge is 2.26. The molecule has 2 aliphatic heterocycles. The molecule has 1 amide bonds. The number of carbonyl (C=O) groups is 1. The van der Waals surface area contributed by atoms with Gasteiger partial charge in [-0.2, -0.15) is 0 Å². The van der Waals surface area contributed by atoms with E-state index in [1.807, 2.05) is 4.90 Å². The highest BCUT2D eigenvalue weighted by molar-refractivity contribution is 5.83. The maximum atomic E-state index is 12.6. The predicted molar refractivity (Wildman–Crippen MR) is 95.3 cm³/mol. The molecule has 0 aromatic heterocycles. The molecule has 1 aromatic carbocycles. The number of nitrogens with zero attached hydrogens (tertiary/aromatic N) is 1. The Labute approximate surface area is 139 Å². The normalized spacial score (nSPS) is 22.1. The maximum absolute atomic E-state index is 12.6. The predicted octanol–water partition coefficient (Wildman–Crippen LogP) is 3.57. The van der Waals surface area contributed by atoms with Gasteiger partial charge < -0.3 is 10.2 Å². The number of piperidine rings is 1. The van der Waals surface area contributed by atoms with E-state index >= 15 is 0 Å². The van der Waals surface area contributed by atoms with Crippen LogP contribution in [0.4, 0.5) is 0 Å². The van der Waals surface area contributed by atoms with Crippen LogP contribution in [0.25, 0.3) is 5.57 Å². The van der Waals surface area contributed by atoms with Crippen molar-refractivity contribution in [3.63, 3.8) is 0 Å². The topological polar surface area (TPSA) is 32.3 Å². The summed E-state index contributed by atoms with van der Waals surface area (Å²) in [5.41, 5.74) is 4.08. The largest absolute Gasteiger partial charge is 0.337 e. The van der Waals surface area contributed by atoms with Crippen LogP contribution in [0, 0.1) is 0 Å². The minimum absolute atomic E-state index is 0.0444. The average molecular weight is 312 g/mol. The molecule has 0 spiro atoms. The number of rotatable bonds is 3. The molecule has 1 aromatic rings. The van der Waals surface area contributed by atoms with E-state index in [0.29, 0.717) is 5.92 Å². The Morgan fingerprint density at radius 1 is 1.30 bits per heavy atom. The van der Waals surface area contributed by atoms with Gasteiger partial charge >= 0.3 is 0 Å². The highest BCUT2D eigenvalue weighted by atomic mass is 16.2. The number of hydrogen-bond donors (Lipinski definition) is 1. The minimum atomic E-state index is 0.0444. The van der Waals surface area contributed by atoms with Crippen LogP contribution in [-0.4, -0.2) is 36.5 Å². The molecule has 1 fully saturated rings. The summed E-state index contributed by atoms with van der Waals surface area (Å²) in [6.07, 6.45) is 6.55. The van der Waals surface area contributed by atoms with Crippen LogP contribution in [0.15, 0.2) is 30.3 Å². The summed E-state index contributed by atoms with van der Waals surface area (Å²) in [5.74, 6) is 0.838. The van der Waals surface area contributed by atoms with Gasteiger partial charge in [0.25, 0.3) is 0 Å². The second kappa shape index (κ2) is 7.31. The van der Waals surface area contributed by atoms with Crippen molar-refractivity contribution in [1.29, 1.82) is 0 Å². The van der Waals surface area contributed by atoms with Crippen molar-refractivity contribution >= 4 is 11.5 Å². The van der Waals surface area contributed by atoms with E-state index in [4.69, 9.17) is 0 Å². The van der Waals surface area contributed by atoms with Crippen LogP contribution in [-0.2, 0) is 4.79 Å². The molecule has 3 rings (SSSR count). The average Bonchev–Trinajstić information content (AvgIpc) is 2.62. The van der Waals surface area contributed by atoms with Crippen LogP contribution in [0.3, 0.4) is 0 Å². The fraction of sp³-hybridized carbons (Fsp3) is 0.550. The second-order valence-electron chi connectivity index (χ2n) is 7.05. The van der Waals surface area contributed by atoms with Gasteiger partial charge in [-0.3, -0.25) is 4.79 Å². The molecule has 1 N–H and O–H groups in total. The molecule has 23 heavy (non-hydrogen) atoms. The van der Waals surface area contributed by atoms with Crippen molar-refractivity contribution < 1.29 is 4.79 Å². The molecule has 0 aliphatic carbocycles. The smallest absolute Gasteiger partial charge is 0.239 e. The summed E-state index contributed by atoms with van der Waals surface area (Å²) in [5, 5.41) is 3.37. The summed E-state index contributed by atoms with van der Waals surface area (Å²) in [6, 6.07) is 8.88. The molecule has 1 atom stereocenters. The third-order valence-electron chi connectivity index (χ3n) is 5.05. The lowest BCUT2D eigenvalue weighted by Gasteiger charge is -2.32. The Morgan fingerprint density at radius 2 is 2.17 bits per heavy atom. The Balaban J connectivity index is 1.66. The summed E-state index contributed by atoms with van der Waals surface area (Å²) in [4.78, 5) is 14.6. The Kier molecular flexibility index (Phi) is 5.16. The maximum Gasteiger partial charge on any atom is 0.239 e. The minimum Gasteiger partial charge on any atom is -0.337 e. The monoisotopic (exact) mass is 312 g/mol. The van der Waals surface area contributed by atoms with Gasteiger partial charge in [-0.05, 0) is 48.4 Å². The molecule has 3 heteroatoms. The first-order chi connectivity index (χ1) is 11.1. The molecule has 0 radical (unpaired) electrons. The number of benzene rings is 1. The van der Waals surface area contributed by atoms with E-state index in [2.05, 4.69) is 49.5 Å². The third kappa shape index (κ3) is 3.84. The highest BCUT2D eigenvalue weighted by Crippen LogP contribution is 2.26. The zero-order valence-electron chi connectivity index (χ0n) is 14.3. The van der Waals surface area contributed by atoms with Crippen molar-refractivity contribution in [2.45, 2.75) is 51.5 Å². The van der Waals surface area contributed by atoms with Crippen LogP contribution in [0.1, 0.15) is 56.6 Å². The standard InChI is InChI=1S/C20H28N2O/c1-15(2)17-6-5-7-18(14-17)16-9-12-22(13-10-16)20(23)19-8-3-4-11-21-19/h5-7,9,14-15,19,21H,3-4,8,10-13H2,1-2H3. The summed E-state index contributed by atoms with van der Waals surface area (Å²) >= 11 is 0. The number of amides is 1. The lowest BCUT2D eigenvalue weighted by Crippen LogP contribution is -2.49. The van der Waals surface area contributed by atoms with E-state index < -0.39 is 0 Å². The molecule has 2 heterocycles. The van der Waals surface area contributed by atoms with Crippen molar-refractivity contribution in [2.75, 3.05) is 19.6 Å². The molecular weight excluding hydrogens is 284 g/mol. The number of nitrogens with one attached hydrogen (secondary N) is 1. The summed E-state index contributed by atoms with van der Waals surface area (Å²) < 4.78 is 0. The van der Waals surface area contributed by atoms with Crippen LogP contribution >= 0.6 is 0 Å². The van der Waals surface area contributed by atoms with Gasteiger partial charge in [-0.25, -0.2) is 0 Å². The Hall–Kier alpha value is -1.61. The van der Waals surface area contributed by atoms with Gasteiger partial charge in [0.1, 0.15) is 0 Å². The van der Waals surface area contributed by atoms with E-state index in [-0.39, 0.29) is 11.9 Å². The van der Waals surface area contributed by atoms with Crippen molar-refractivity contribution in [2.24, 2.45) is 0 Å². The second-order valence-corrected chi connectivity index (χ2v) is 7.05. The van der Waals surface area contributed by atoms with Gasteiger partial charge in [-0.1, -0.05) is 50.6 Å². The molecule has 1 saturated heterocycles.